The van der Waals surface area contributed by atoms with Gasteiger partial charge in [0.1, 0.15) is 0 Å². The van der Waals surface area contributed by atoms with Gasteiger partial charge in [0.2, 0.25) is 0 Å². The molecule has 2 aromatic rings. The molecule has 0 saturated carbocycles. The molecule has 0 saturated heterocycles. The van der Waals surface area contributed by atoms with Gasteiger partial charge in [0, 0.05) is 18.6 Å². The van der Waals surface area contributed by atoms with Crippen LogP contribution in [0.2, 0.25) is 5.04 Å². The van der Waals surface area contributed by atoms with E-state index in [0.717, 1.165) is 0 Å². The maximum Gasteiger partial charge on any atom is 0.333 e. The van der Waals surface area contributed by atoms with E-state index >= 15 is 0 Å². The first-order valence-electron chi connectivity index (χ1n) is 9.35. The number of hydrogen-bond donors (Lipinski definition) is 0. The lowest BCUT2D eigenvalue weighted by Crippen LogP contribution is -2.66. The van der Waals surface area contributed by atoms with Gasteiger partial charge in [-0.25, -0.2) is 4.79 Å². The molecule has 2 aromatic carbocycles. The van der Waals surface area contributed by atoms with Crippen molar-refractivity contribution in [3.05, 3.63) is 72.3 Å². The van der Waals surface area contributed by atoms with Gasteiger partial charge in [-0.3, -0.25) is 0 Å². The van der Waals surface area contributed by atoms with Crippen LogP contribution in [-0.2, 0) is 14.0 Å². The number of rotatable bonds is 7. The molecule has 0 radical (unpaired) electrons. The highest BCUT2D eigenvalue weighted by molar-refractivity contribution is 6.99. The third kappa shape index (κ3) is 4.57. The monoisotopic (exact) mass is 382 g/mol. The zero-order valence-electron chi connectivity index (χ0n) is 17.0. The predicted molar refractivity (Wildman–Crippen MR) is 114 cm³/mol. The Morgan fingerprint density at radius 3 is 1.81 bits per heavy atom. The van der Waals surface area contributed by atoms with Gasteiger partial charge in [0.05, 0.1) is 7.11 Å². The molecule has 2 rings (SSSR count). The second kappa shape index (κ2) is 9.15. The van der Waals surface area contributed by atoms with Crippen LogP contribution in [-0.4, -0.2) is 28.0 Å². The van der Waals surface area contributed by atoms with E-state index in [1.807, 2.05) is 19.1 Å². The van der Waals surface area contributed by atoms with Gasteiger partial charge < -0.3 is 9.16 Å². The summed E-state index contributed by atoms with van der Waals surface area (Å²) in [5.74, 6) is -0.288. The van der Waals surface area contributed by atoms with Gasteiger partial charge in [0.25, 0.3) is 8.32 Å². The van der Waals surface area contributed by atoms with Crippen molar-refractivity contribution in [2.45, 2.75) is 39.2 Å². The van der Waals surface area contributed by atoms with Crippen LogP contribution < -0.4 is 10.4 Å². The van der Waals surface area contributed by atoms with E-state index in [4.69, 9.17) is 9.16 Å². The van der Waals surface area contributed by atoms with Crippen molar-refractivity contribution in [2.24, 2.45) is 0 Å². The lowest BCUT2D eigenvalue weighted by atomic mass is 10.2. The highest BCUT2D eigenvalue weighted by Gasteiger charge is 2.50. The van der Waals surface area contributed by atoms with Crippen LogP contribution in [0.3, 0.4) is 0 Å². The van der Waals surface area contributed by atoms with E-state index in [1.165, 1.54) is 17.5 Å². The Kier molecular flexibility index (Phi) is 7.16. The van der Waals surface area contributed by atoms with Crippen molar-refractivity contribution < 1.29 is 14.0 Å². The van der Waals surface area contributed by atoms with E-state index in [2.05, 4.69) is 69.3 Å². The third-order valence-corrected chi connectivity index (χ3v) is 9.95. The van der Waals surface area contributed by atoms with Crippen molar-refractivity contribution in [3.8, 4) is 0 Å². The molecule has 0 bridgehead atoms. The molecule has 0 unspecified atom stereocenters. The van der Waals surface area contributed by atoms with Gasteiger partial charge in [-0.05, 0) is 22.3 Å². The summed E-state index contributed by atoms with van der Waals surface area (Å²) in [6.45, 7) is 9.07. The van der Waals surface area contributed by atoms with Gasteiger partial charge in [-0.15, -0.1) is 0 Å². The Labute approximate surface area is 164 Å². The minimum atomic E-state index is -2.55. The lowest BCUT2D eigenvalue weighted by Gasteiger charge is -2.43. The molecule has 0 N–H and O–H groups in total. The van der Waals surface area contributed by atoms with Crippen molar-refractivity contribution in [1.82, 2.24) is 0 Å². The van der Waals surface area contributed by atoms with E-state index in [0.29, 0.717) is 18.6 Å². The molecule has 0 heterocycles. The highest BCUT2D eigenvalue weighted by atomic mass is 28.4. The zero-order chi connectivity index (χ0) is 19.9. The van der Waals surface area contributed by atoms with Gasteiger partial charge in [-0.1, -0.05) is 87.5 Å². The smallest absolute Gasteiger partial charge is 0.333 e. The summed E-state index contributed by atoms with van der Waals surface area (Å²) >= 11 is 0. The topological polar surface area (TPSA) is 35.5 Å². The summed E-state index contributed by atoms with van der Waals surface area (Å²) in [6, 6.07) is 21.0. The molecule has 27 heavy (non-hydrogen) atoms. The zero-order valence-corrected chi connectivity index (χ0v) is 18.0. The van der Waals surface area contributed by atoms with Crippen molar-refractivity contribution in [3.63, 3.8) is 0 Å². The second-order valence-electron chi connectivity index (χ2n) is 7.57. The molecule has 0 aromatic heterocycles. The number of esters is 1. The first-order chi connectivity index (χ1) is 12.9. The molecule has 0 aliphatic rings. The normalized spacial score (nSPS) is 12.7. The van der Waals surface area contributed by atoms with E-state index in [9.17, 15) is 4.79 Å². The number of methoxy groups -OCH3 is 1. The first kappa shape index (κ1) is 21.1. The number of benzene rings is 2. The fraction of sp³-hybridized carbons (Fsp3) is 0.348. The summed E-state index contributed by atoms with van der Waals surface area (Å²) in [5.41, 5.74) is 0.649. The van der Waals surface area contributed by atoms with Crippen LogP contribution in [0.5, 0.6) is 0 Å². The lowest BCUT2D eigenvalue weighted by molar-refractivity contribution is -0.136. The largest absolute Gasteiger partial charge is 0.466 e. The molecular weight excluding hydrogens is 352 g/mol. The molecule has 0 aliphatic heterocycles. The molecule has 144 valence electrons. The van der Waals surface area contributed by atoms with Crippen LogP contribution in [0.15, 0.2) is 72.3 Å². The number of hydrogen-bond acceptors (Lipinski definition) is 3. The van der Waals surface area contributed by atoms with Crippen LogP contribution in [0.1, 0.15) is 34.1 Å². The van der Waals surface area contributed by atoms with E-state index < -0.39 is 8.32 Å². The fourth-order valence-corrected chi connectivity index (χ4v) is 8.13. The summed E-state index contributed by atoms with van der Waals surface area (Å²) in [4.78, 5) is 11.9. The van der Waals surface area contributed by atoms with Crippen molar-refractivity contribution in [2.75, 3.05) is 13.7 Å². The maximum absolute atomic E-state index is 11.9. The van der Waals surface area contributed by atoms with Crippen LogP contribution in [0.4, 0.5) is 0 Å². The second-order valence-corrected chi connectivity index (χ2v) is 11.9. The van der Waals surface area contributed by atoms with Crippen LogP contribution >= 0.6 is 0 Å². The summed E-state index contributed by atoms with van der Waals surface area (Å²) < 4.78 is 11.7. The molecule has 0 atom stereocenters. The van der Waals surface area contributed by atoms with Crippen molar-refractivity contribution in [1.29, 1.82) is 0 Å². The van der Waals surface area contributed by atoms with E-state index in [1.54, 1.807) is 6.08 Å². The SMILES string of the molecule is C/C=C(/CCO[Si](c1ccccc1)(c1ccccc1)C(C)(C)C)C(=O)OC. The fourth-order valence-electron chi connectivity index (χ4n) is 3.57. The van der Waals surface area contributed by atoms with Crippen molar-refractivity contribution >= 4 is 24.7 Å². The molecule has 0 fully saturated rings. The molecular formula is C23H30O3Si. The minimum absolute atomic E-state index is 0.0724. The number of allylic oxidation sites excluding steroid dienone is 1. The standard InChI is InChI=1S/C23H30O3Si/c1-6-19(22(24)25-5)17-18-26-27(23(2,3)4,20-13-9-7-10-14-20)21-15-11-8-12-16-21/h6-16H,17-18H2,1-5H3/b19-6-. The van der Waals surface area contributed by atoms with Gasteiger partial charge in [-0.2, -0.15) is 0 Å². The first-order valence-corrected chi connectivity index (χ1v) is 11.3. The molecule has 3 nitrogen and oxygen atoms in total. The molecule has 0 aliphatic carbocycles. The maximum atomic E-state index is 11.9. The van der Waals surface area contributed by atoms with Crippen LogP contribution in [0, 0.1) is 0 Å². The Bertz CT molecular complexity index is 722. The average molecular weight is 383 g/mol. The Morgan fingerprint density at radius 1 is 0.963 bits per heavy atom. The Balaban J connectivity index is 2.45. The Hall–Kier alpha value is -2.17. The highest BCUT2D eigenvalue weighted by Crippen LogP contribution is 2.36. The molecule has 0 amide bonds. The summed E-state index contributed by atoms with van der Waals surface area (Å²) in [6.07, 6.45) is 2.34. The van der Waals surface area contributed by atoms with Crippen LogP contribution in [0.25, 0.3) is 0 Å². The third-order valence-electron chi connectivity index (χ3n) is 4.90. The van der Waals surface area contributed by atoms with E-state index in [-0.39, 0.29) is 11.0 Å². The molecule has 4 heteroatoms. The molecule has 0 spiro atoms. The Morgan fingerprint density at radius 2 is 1.44 bits per heavy atom. The number of carbonyl (C=O) groups excluding carboxylic acids is 1. The number of carbonyl (C=O) groups is 1. The van der Waals surface area contributed by atoms with Gasteiger partial charge >= 0.3 is 5.97 Å². The predicted octanol–water partition coefficient (Wildman–Crippen LogP) is 4.07. The number of ether oxygens (including phenoxy) is 1. The minimum Gasteiger partial charge on any atom is -0.466 e. The summed E-state index contributed by atoms with van der Waals surface area (Å²) in [5, 5.41) is 2.41. The quantitative estimate of drug-likeness (QED) is 0.411. The summed E-state index contributed by atoms with van der Waals surface area (Å²) in [7, 11) is -1.14. The van der Waals surface area contributed by atoms with Gasteiger partial charge in [0.15, 0.2) is 0 Å². The average Bonchev–Trinajstić information content (AvgIpc) is 2.68.